The maximum atomic E-state index is 12.8. The molecule has 35 heavy (non-hydrogen) atoms. The molecule has 0 aliphatic carbocycles. The maximum absolute atomic E-state index is 12.8. The first-order chi connectivity index (χ1) is 16.9. The van der Waals surface area contributed by atoms with E-state index in [0.717, 1.165) is 5.56 Å². The fraction of sp³-hybridized carbons (Fsp3) is 0.222. The average molecular weight is 493 g/mol. The van der Waals surface area contributed by atoms with Crippen molar-refractivity contribution in [2.24, 2.45) is 0 Å². The van der Waals surface area contributed by atoms with Crippen molar-refractivity contribution in [3.63, 3.8) is 0 Å². The van der Waals surface area contributed by atoms with E-state index >= 15 is 0 Å². The van der Waals surface area contributed by atoms with Crippen molar-refractivity contribution in [2.45, 2.75) is 19.4 Å². The molecule has 0 spiro atoms. The van der Waals surface area contributed by atoms with Crippen LogP contribution in [0.15, 0.2) is 72.8 Å². The number of hydrogen-bond acceptors (Lipinski definition) is 5. The Morgan fingerprint density at radius 3 is 2.66 bits per heavy atom. The molecule has 3 aromatic carbocycles. The third-order valence-electron chi connectivity index (χ3n) is 5.65. The molecule has 2 amide bonds. The number of nitrogens with zero attached hydrogens (tertiary/aromatic N) is 1. The van der Waals surface area contributed by atoms with Gasteiger partial charge in [-0.25, -0.2) is 0 Å². The SMILES string of the molecule is C[C@@H](C(=O)NCCc1ccccc1)N1C(=O)COc2ccc(C(=O)COc3cccc(Cl)c3)cc21. The molecule has 0 aromatic heterocycles. The molecule has 0 saturated carbocycles. The van der Waals surface area contributed by atoms with Gasteiger partial charge in [0.2, 0.25) is 5.91 Å². The summed E-state index contributed by atoms with van der Waals surface area (Å²) in [7, 11) is 0. The normalized spacial score (nSPS) is 13.4. The Hall–Kier alpha value is -3.84. The molecule has 3 aromatic rings. The van der Waals surface area contributed by atoms with E-state index in [1.54, 1.807) is 49.4 Å². The number of ether oxygens (including phenoxy) is 2. The Morgan fingerprint density at radius 2 is 1.89 bits per heavy atom. The summed E-state index contributed by atoms with van der Waals surface area (Å²) < 4.78 is 11.1. The van der Waals surface area contributed by atoms with Gasteiger partial charge in [-0.1, -0.05) is 48.0 Å². The lowest BCUT2D eigenvalue weighted by atomic mass is 10.1. The summed E-state index contributed by atoms with van der Waals surface area (Å²) >= 11 is 5.96. The monoisotopic (exact) mass is 492 g/mol. The Bertz CT molecular complexity index is 1230. The van der Waals surface area contributed by atoms with Crippen LogP contribution in [-0.2, 0) is 16.0 Å². The number of carbonyl (C=O) groups excluding carboxylic acids is 3. The first-order valence-electron chi connectivity index (χ1n) is 11.2. The zero-order chi connectivity index (χ0) is 24.8. The number of nitrogens with one attached hydrogen (secondary N) is 1. The number of amides is 2. The second kappa shape index (κ2) is 11.1. The Kier molecular flexibility index (Phi) is 7.67. The van der Waals surface area contributed by atoms with Gasteiger partial charge in [0.25, 0.3) is 5.91 Å². The molecule has 180 valence electrons. The lowest BCUT2D eigenvalue weighted by molar-refractivity contribution is -0.127. The van der Waals surface area contributed by atoms with Crippen molar-refractivity contribution in [1.82, 2.24) is 5.32 Å². The van der Waals surface area contributed by atoms with Gasteiger partial charge in [-0.15, -0.1) is 0 Å². The van der Waals surface area contributed by atoms with E-state index in [-0.39, 0.29) is 30.8 Å². The van der Waals surface area contributed by atoms with Crippen LogP contribution in [0.3, 0.4) is 0 Å². The molecule has 0 bridgehead atoms. The predicted octanol–water partition coefficient (Wildman–Crippen LogP) is 4.07. The van der Waals surface area contributed by atoms with Crippen LogP contribution < -0.4 is 19.7 Å². The Morgan fingerprint density at radius 1 is 1.09 bits per heavy atom. The molecule has 0 unspecified atom stereocenters. The zero-order valence-electron chi connectivity index (χ0n) is 19.2. The number of Topliss-reactive ketones (excluding diaryl/α,β-unsaturated/α-hetero) is 1. The molecule has 0 radical (unpaired) electrons. The van der Waals surface area contributed by atoms with Gasteiger partial charge < -0.3 is 14.8 Å². The zero-order valence-corrected chi connectivity index (χ0v) is 20.0. The van der Waals surface area contributed by atoms with Crippen LogP contribution in [0.4, 0.5) is 5.69 Å². The minimum absolute atomic E-state index is 0.181. The number of halogens is 1. The van der Waals surface area contributed by atoms with Crippen LogP contribution in [0, 0.1) is 0 Å². The van der Waals surface area contributed by atoms with E-state index in [1.165, 1.54) is 4.90 Å². The summed E-state index contributed by atoms with van der Waals surface area (Å²) in [5.41, 5.74) is 1.82. The summed E-state index contributed by atoms with van der Waals surface area (Å²) in [4.78, 5) is 39.7. The van der Waals surface area contributed by atoms with Gasteiger partial charge in [0, 0.05) is 17.1 Å². The highest BCUT2D eigenvalue weighted by atomic mass is 35.5. The molecule has 1 atom stereocenters. The van der Waals surface area contributed by atoms with Gasteiger partial charge in [-0.05, 0) is 55.3 Å². The molecular weight excluding hydrogens is 468 g/mol. The van der Waals surface area contributed by atoms with E-state index in [4.69, 9.17) is 21.1 Å². The van der Waals surface area contributed by atoms with Crippen LogP contribution in [0.5, 0.6) is 11.5 Å². The second-order valence-electron chi connectivity index (χ2n) is 8.11. The number of fused-ring (bicyclic) bond motifs is 1. The second-order valence-corrected chi connectivity index (χ2v) is 8.54. The van der Waals surface area contributed by atoms with Crippen LogP contribution in [0.25, 0.3) is 0 Å². The summed E-state index contributed by atoms with van der Waals surface area (Å²) in [6, 6.07) is 20.6. The summed E-state index contributed by atoms with van der Waals surface area (Å²) in [5, 5.41) is 3.39. The average Bonchev–Trinajstić information content (AvgIpc) is 2.87. The topological polar surface area (TPSA) is 84.9 Å². The van der Waals surface area contributed by atoms with Gasteiger partial charge in [-0.3, -0.25) is 19.3 Å². The number of benzene rings is 3. The van der Waals surface area contributed by atoms with Crippen molar-refractivity contribution in [1.29, 1.82) is 0 Å². The fourth-order valence-electron chi connectivity index (χ4n) is 3.80. The van der Waals surface area contributed by atoms with Crippen molar-refractivity contribution in [3.05, 3.63) is 88.9 Å². The third kappa shape index (κ3) is 6.00. The Labute approximate surface area is 208 Å². The molecule has 1 aliphatic rings. The molecule has 1 N–H and O–H groups in total. The van der Waals surface area contributed by atoms with Crippen molar-refractivity contribution < 1.29 is 23.9 Å². The highest BCUT2D eigenvalue weighted by Gasteiger charge is 2.33. The van der Waals surface area contributed by atoms with Crippen LogP contribution in [-0.4, -0.2) is 43.4 Å². The number of carbonyl (C=O) groups is 3. The minimum atomic E-state index is -0.783. The Balaban J connectivity index is 1.44. The summed E-state index contributed by atoms with van der Waals surface area (Å²) in [5.74, 6) is -0.0255. The lowest BCUT2D eigenvalue weighted by Crippen LogP contribution is -2.51. The molecule has 7 nitrogen and oxygen atoms in total. The molecule has 1 aliphatic heterocycles. The highest BCUT2D eigenvalue weighted by Crippen LogP contribution is 2.34. The van der Waals surface area contributed by atoms with E-state index in [0.29, 0.717) is 40.7 Å². The first-order valence-corrected chi connectivity index (χ1v) is 11.6. The largest absolute Gasteiger partial charge is 0.485 e. The molecule has 0 saturated heterocycles. The summed E-state index contributed by atoms with van der Waals surface area (Å²) in [6.07, 6.45) is 0.679. The highest BCUT2D eigenvalue weighted by molar-refractivity contribution is 6.30. The standard InChI is InChI=1S/C27H25ClN2O5/c1-18(27(33)29-13-12-19-6-3-2-4-7-19)30-23-14-20(10-11-25(23)35-17-26(30)32)24(31)16-34-22-9-5-8-21(28)15-22/h2-11,14-15,18H,12-13,16-17H2,1H3,(H,29,33)/t18-/m0/s1. The molecule has 1 heterocycles. The van der Waals surface area contributed by atoms with Crippen LogP contribution in [0.1, 0.15) is 22.8 Å². The van der Waals surface area contributed by atoms with E-state index in [2.05, 4.69) is 5.32 Å². The van der Waals surface area contributed by atoms with Crippen molar-refractivity contribution >= 4 is 34.9 Å². The molecule has 8 heteroatoms. The fourth-order valence-corrected chi connectivity index (χ4v) is 3.98. The van der Waals surface area contributed by atoms with Crippen molar-refractivity contribution in [3.8, 4) is 11.5 Å². The number of rotatable bonds is 9. The number of ketones is 1. The van der Waals surface area contributed by atoms with Gasteiger partial charge in [-0.2, -0.15) is 0 Å². The lowest BCUT2D eigenvalue weighted by Gasteiger charge is -2.33. The third-order valence-corrected chi connectivity index (χ3v) is 5.88. The first kappa shape index (κ1) is 24.3. The van der Waals surface area contributed by atoms with E-state index in [1.807, 2.05) is 30.3 Å². The van der Waals surface area contributed by atoms with Gasteiger partial charge in [0.05, 0.1) is 5.69 Å². The van der Waals surface area contributed by atoms with Crippen LogP contribution in [0.2, 0.25) is 5.02 Å². The van der Waals surface area contributed by atoms with Gasteiger partial charge in [0.1, 0.15) is 17.5 Å². The maximum Gasteiger partial charge on any atom is 0.265 e. The van der Waals surface area contributed by atoms with Crippen LogP contribution >= 0.6 is 11.6 Å². The van der Waals surface area contributed by atoms with Crippen molar-refractivity contribution in [2.75, 3.05) is 24.7 Å². The number of hydrogen-bond donors (Lipinski definition) is 1. The predicted molar refractivity (Wildman–Crippen MR) is 133 cm³/mol. The molecule has 0 fully saturated rings. The molecular formula is C27H25ClN2O5. The smallest absolute Gasteiger partial charge is 0.265 e. The van der Waals surface area contributed by atoms with Gasteiger partial charge >= 0.3 is 0 Å². The van der Waals surface area contributed by atoms with E-state index in [9.17, 15) is 14.4 Å². The molecule has 4 rings (SSSR count). The van der Waals surface area contributed by atoms with Gasteiger partial charge in [0.15, 0.2) is 19.0 Å². The minimum Gasteiger partial charge on any atom is -0.485 e. The van der Waals surface area contributed by atoms with E-state index < -0.39 is 6.04 Å². The number of anilines is 1. The quantitative estimate of drug-likeness (QED) is 0.455. The summed E-state index contributed by atoms with van der Waals surface area (Å²) in [6.45, 7) is 1.71.